The summed E-state index contributed by atoms with van der Waals surface area (Å²) in [6, 6.07) is 0. The van der Waals surface area contributed by atoms with Gasteiger partial charge >= 0.3 is 6.09 Å². The summed E-state index contributed by atoms with van der Waals surface area (Å²) in [5, 5.41) is 0. The molecule has 0 atom stereocenters. The molecule has 0 radical (unpaired) electrons. The largest absolute Gasteiger partial charge is 0.444 e. The van der Waals surface area contributed by atoms with Crippen molar-refractivity contribution in [3.05, 3.63) is 0 Å². The van der Waals surface area contributed by atoms with Gasteiger partial charge in [0.15, 0.2) is 0 Å². The standard InChI is InChI=1S/C15H25NO3/c1-13(2,3)19-12(18)16-7-6-11(17)8-15(16)9-14(4,5)10-15/h6-10H2,1-5H3. The minimum absolute atomic E-state index is 0.220. The van der Waals surface area contributed by atoms with Gasteiger partial charge in [-0.15, -0.1) is 0 Å². The lowest BCUT2D eigenvalue weighted by Crippen LogP contribution is -2.65. The number of carbonyl (C=O) groups is 2. The lowest BCUT2D eigenvalue weighted by Gasteiger charge is -2.59. The molecule has 4 heteroatoms. The third-order valence-electron chi connectivity index (χ3n) is 3.94. The number of likely N-dealkylation sites (tertiary alicyclic amines) is 1. The molecule has 1 spiro atoms. The summed E-state index contributed by atoms with van der Waals surface area (Å²) in [5.41, 5.74) is -0.544. The zero-order valence-electron chi connectivity index (χ0n) is 12.7. The molecule has 2 aliphatic rings. The third kappa shape index (κ3) is 2.93. The monoisotopic (exact) mass is 267 g/mol. The van der Waals surface area contributed by atoms with Gasteiger partial charge in [0.25, 0.3) is 0 Å². The Morgan fingerprint density at radius 3 is 2.32 bits per heavy atom. The first kappa shape index (κ1) is 14.4. The first-order valence-electron chi connectivity index (χ1n) is 7.05. The number of carbonyl (C=O) groups excluding carboxylic acids is 2. The second kappa shape index (κ2) is 4.22. The Kier molecular flexibility index (Phi) is 3.19. The number of ketones is 1. The van der Waals surface area contributed by atoms with E-state index in [4.69, 9.17) is 4.74 Å². The highest BCUT2D eigenvalue weighted by Crippen LogP contribution is 2.54. The molecule has 1 saturated carbocycles. The third-order valence-corrected chi connectivity index (χ3v) is 3.94. The molecule has 19 heavy (non-hydrogen) atoms. The van der Waals surface area contributed by atoms with Crippen LogP contribution in [0.25, 0.3) is 0 Å². The Morgan fingerprint density at radius 2 is 1.84 bits per heavy atom. The van der Waals surface area contributed by atoms with Crippen molar-refractivity contribution in [1.29, 1.82) is 0 Å². The van der Waals surface area contributed by atoms with Crippen LogP contribution in [0.4, 0.5) is 4.79 Å². The molecule has 0 aromatic heterocycles. The molecule has 2 fully saturated rings. The molecular weight excluding hydrogens is 242 g/mol. The number of nitrogens with zero attached hydrogens (tertiary/aromatic N) is 1. The summed E-state index contributed by atoms with van der Waals surface area (Å²) in [4.78, 5) is 25.9. The van der Waals surface area contributed by atoms with Gasteiger partial charge in [0.2, 0.25) is 0 Å². The summed E-state index contributed by atoms with van der Waals surface area (Å²) >= 11 is 0. The molecule has 108 valence electrons. The predicted octanol–water partition coefficient (Wildman–Crippen LogP) is 3.15. The smallest absolute Gasteiger partial charge is 0.410 e. The van der Waals surface area contributed by atoms with Crippen LogP contribution in [0.15, 0.2) is 0 Å². The molecule has 0 aromatic rings. The van der Waals surface area contributed by atoms with Gasteiger partial charge in [-0.3, -0.25) is 4.79 Å². The molecule has 2 rings (SSSR count). The summed E-state index contributed by atoms with van der Waals surface area (Å²) in [7, 11) is 0. The number of hydrogen-bond acceptors (Lipinski definition) is 3. The van der Waals surface area contributed by atoms with E-state index in [1.54, 1.807) is 0 Å². The van der Waals surface area contributed by atoms with E-state index in [9.17, 15) is 9.59 Å². The van der Waals surface area contributed by atoms with E-state index >= 15 is 0 Å². The fraction of sp³-hybridized carbons (Fsp3) is 0.867. The number of amides is 1. The molecule has 1 aliphatic carbocycles. The lowest BCUT2D eigenvalue weighted by molar-refractivity contribution is -0.137. The molecule has 1 amide bonds. The van der Waals surface area contributed by atoms with Gasteiger partial charge in [0.05, 0.1) is 5.54 Å². The van der Waals surface area contributed by atoms with E-state index < -0.39 is 5.60 Å². The fourth-order valence-corrected chi connectivity index (χ4v) is 3.67. The van der Waals surface area contributed by atoms with Crippen LogP contribution in [0.5, 0.6) is 0 Å². The maximum Gasteiger partial charge on any atom is 0.410 e. The van der Waals surface area contributed by atoms with Crippen molar-refractivity contribution in [1.82, 2.24) is 4.90 Å². The van der Waals surface area contributed by atoms with Crippen molar-refractivity contribution in [3.63, 3.8) is 0 Å². The Morgan fingerprint density at radius 1 is 1.26 bits per heavy atom. The maximum atomic E-state index is 12.3. The van der Waals surface area contributed by atoms with Gasteiger partial charge in [0.1, 0.15) is 11.4 Å². The minimum atomic E-state index is -0.487. The number of Topliss-reactive ketones (excluding diaryl/α,β-unsaturated/α-hetero) is 1. The molecule has 0 aromatic carbocycles. The predicted molar refractivity (Wildman–Crippen MR) is 72.9 cm³/mol. The normalized spacial score (nSPS) is 25.1. The number of piperidine rings is 1. The minimum Gasteiger partial charge on any atom is -0.444 e. The van der Waals surface area contributed by atoms with Crippen molar-refractivity contribution in [3.8, 4) is 0 Å². The van der Waals surface area contributed by atoms with Crippen molar-refractivity contribution >= 4 is 11.9 Å². The highest BCUT2D eigenvalue weighted by molar-refractivity contribution is 5.83. The van der Waals surface area contributed by atoms with E-state index in [0.29, 0.717) is 19.4 Å². The zero-order chi connectivity index (χ0) is 14.5. The quantitative estimate of drug-likeness (QED) is 0.677. The Hall–Kier alpha value is -1.06. The number of ether oxygens (including phenoxy) is 1. The van der Waals surface area contributed by atoms with Gasteiger partial charge in [-0.25, -0.2) is 4.79 Å². The zero-order valence-corrected chi connectivity index (χ0v) is 12.7. The van der Waals surface area contributed by atoms with E-state index in [1.165, 1.54) is 0 Å². The van der Waals surface area contributed by atoms with Gasteiger partial charge in [-0.05, 0) is 39.0 Å². The van der Waals surface area contributed by atoms with Crippen LogP contribution in [0.1, 0.15) is 60.3 Å². The van der Waals surface area contributed by atoms with Crippen LogP contribution < -0.4 is 0 Å². The Bertz CT molecular complexity index is 398. The molecule has 1 aliphatic heterocycles. The lowest BCUT2D eigenvalue weighted by atomic mass is 9.56. The number of rotatable bonds is 0. The van der Waals surface area contributed by atoms with Crippen LogP contribution in [-0.4, -0.2) is 34.5 Å². The topological polar surface area (TPSA) is 46.6 Å². The summed E-state index contributed by atoms with van der Waals surface area (Å²) in [5.74, 6) is 0.273. The molecule has 0 unspecified atom stereocenters. The van der Waals surface area contributed by atoms with Crippen LogP contribution >= 0.6 is 0 Å². The summed E-state index contributed by atoms with van der Waals surface area (Å²) in [6.07, 6.45) is 2.48. The molecule has 4 nitrogen and oxygen atoms in total. The highest BCUT2D eigenvalue weighted by atomic mass is 16.6. The molecule has 0 bridgehead atoms. The van der Waals surface area contributed by atoms with Crippen molar-refractivity contribution in [2.24, 2.45) is 5.41 Å². The van der Waals surface area contributed by atoms with E-state index in [-0.39, 0.29) is 22.8 Å². The SMILES string of the molecule is CC1(C)CC2(CC(=O)CCN2C(=O)OC(C)(C)C)C1. The van der Waals surface area contributed by atoms with Crippen molar-refractivity contribution < 1.29 is 14.3 Å². The summed E-state index contributed by atoms with van der Waals surface area (Å²) in [6.45, 7) is 10.5. The average Bonchev–Trinajstić information content (AvgIpc) is 2.10. The van der Waals surface area contributed by atoms with E-state index in [1.807, 2.05) is 25.7 Å². The Labute approximate surface area is 115 Å². The van der Waals surface area contributed by atoms with Gasteiger partial charge in [0, 0.05) is 19.4 Å². The average molecular weight is 267 g/mol. The molecule has 1 heterocycles. The molecule has 1 saturated heterocycles. The highest BCUT2D eigenvalue weighted by Gasteiger charge is 2.57. The van der Waals surface area contributed by atoms with Gasteiger partial charge in [-0.1, -0.05) is 13.8 Å². The van der Waals surface area contributed by atoms with Crippen LogP contribution in [0.2, 0.25) is 0 Å². The molecule has 0 N–H and O–H groups in total. The summed E-state index contributed by atoms with van der Waals surface area (Å²) < 4.78 is 5.49. The second-order valence-electron chi connectivity index (χ2n) is 7.84. The van der Waals surface area contributed by atoms with Gasteiger partial charge < -0.3 is 9.64 Å². The van der Waals surface area contributed by atoms with Crippen molar-refractivity contribution in [2.45, 2.75) is 71.4 Å². The van der Waals surface area contributed by atoms with Crippen LogP contribution in [0.3, 0.4) is 0 Å². The fourth-order valence-electron chi connectivity index (χ4n) is 3.67. The molecular formula is C15H25NO3. The van der Waals surface area contributed by atoms with E-state index in [2.05, 4.69) is 13.8 Å². The van der Waals surface area contributed by atoms with Crippen LogP contribution in [-0.2, 0) is 9.53 Å². The Balaban J connectivity index is 2.14. The first-order valence-corrected chi connectivity index (χ1v) is 7.05. The second-order valence-corrected chi connectivity index (χ2v) is 7.84. The van der Waals surface area contributed by atoms with Crippen molar-refractivity contribution in [2.75, 3.05) is 6.54 Å². The van der Waals surface area contributed by atoms with Gasteiger partial charge in [-0.2, -0.15) is 0 Å². The first-order chi connectivity index (χ1) is 8.53. The van der Waals surface area contributed by atoms with E-state index in [0.717, 1.165) is 12.8 Å². The van der Waals surface area contributed by atoms with Crippen LogP contribution in [0, 0.1) is 5.41 Å². The number of hydrogen-bond donors (Lipinski definition) is 0. The maximum absolute atomic E-state index is 12.3.